The SMILES string of the molecule is CCOc1cc(NC(=O)CCCN)ccc1-n1c(CN2CCN(CC)CC2)nc2ccccc2c1=O. The van der Waals surface area contributed by atoms with Crippen LogP contribution in [0, 0.1) is 0 Å². The van der Waals surface area contributed by atoms with E-state index in [2.05, 4.69) is 22.0 Å². The molecule has 1 saturated heterocycles. The number of carbonyl (C=O) groups is 1. The minimum absolute atomic E-state index is 0.105. The summed E-state index contributed by atoms with van der Waals surface area (Å²) in [6.45, 7) is 10.4. The molecule has 1 aromatic heterocycles. The lowest BCUT2D eigenvalue weighted by Gasteiger charge is -2.34. The van der Waals surface area contributed by atoms with Gasteiger partial charge in [0, 0.05) is 44.4 Å². The fourth-order valence-corrected chi connectivity index (χ4v) is 4.53. The Bertz CT molecular complexity index is 1250. The van der Waals surface area contributed by atoms with Crippen molar-refractivity contribution in [2.45, 2.75) is 33.2 Å². The Labute approximate surface area is 211 Å². The number of carbonyl (C=O) groups excluding carboxylic acids is 1. The van der Waals surface area contributed by atoms with Gasteiger partial charge in [0.05, 0.1) is 29.7 Å². The number of hydrogen-bond acceptors (Lipinski definition) is 7. The zero-order chi connectivity index (χ0) is 25.5. The van der Waals surface area contributed by atoms with Crippen LogP contribution in [0.15, 0.2) is 47.3 Å². The zero-order valence-electron chi connectivity index (χ0n) is 21.2. The van der Waals surface area contributed by atoms with E-state index in [4.69, 9.17) is 15.5 Å². The molecule has 0 saturated carbocycles. The van der Waals surface area contributed by atoms with Crippen LogP contribution in [-0.4, -0.2) is 71.1 Å². The van der Waals surface area contributed by atoms with Crippen LogP contribution in [0.25, 0.3) is 16.6 Å². The summed E-state index contributed by atoms with van der Waals surface area (Å²) in [7, 11) is 0. The minimum Gasteiger partial charge on any atom is -0.492 e. The first-order chi connectivity index (χ1) is 17.5. The topological polar surface area (TPSA) is 106 Å². The van der Waals surface area contributed by atoms with E-state index >= 15 is 0 Å². The normalized spacial score (nSPS) is 14.8. The van der Waals surface area contributed by atoms with E-state index in [0.717, 1.165) is 32.7 Å². The molecule has 2 heterocycles. The lowest BCUT2D eigenvalue weighted by molar-refractivity contribution is -0.116. The van der Waals surface area contributed by atoms with Crippen LogP contribution in [0.3, 0.4) is 0 Å². The fourth-order valence-electron chi connectivity index (χ4n) is 4.53. The van der Waals surface area contributed by atoms with Crippen LogP contribution in [-0.2, 0) is 11.3 Å². The van der Waals surface area contributed by atoms with Gasteiger partial charge in [-0.15, -0.1) is 0 Å². The molecule has 0 atom stereocenters. The number of piperazine rings is 1. The van der Waals surface area contributed by atoms with Crippen LogP contribution < -0.4 is 21.3 Å². The number of para-hydroxylation sites is 1. The first kappa shape index (κ1) is 25.8. The summed E-state index contributed by atoms with van der Waals surface area (Å²) >= 11 is 0. The molecule has 192 valence electrons. The van der Waals surface area contributed by atoms with E-state index in [0.29, 0.717) is 66.4 Å². The third kappa shape index (κ3) is 5.92. The number of benzene rings is 2. The van der Waals surface area contributed by atoms with Crippen LogP contribution >= 0.6 is 0 Å². The predicted octanol–water partition coefficient (Wildman–Crippen LogP) is 2.60. The number of nitrogens with one attached hydrogen (secondary N) is 1. The molecule has 0 spiro atoms. The van der Waals surface area contributed by atoms with E-state index in [9.17, 15) is 9.59 Å². The lowest BCUT2D eigenvalue weighted by Crippen LogP contribution is -2.46. The van der Waals surface area contributed by atoms with Crippen molar-refractivity contribution in [3.05, 3.63) is 58.6 Å². The molecule has 0 aliphatic carbocycles. The summed E-state index contributed by atoms with van der Waals surface area (Å²) in [5.74, 6) is 1.08. The Morgan fingerprint density at radius 2 is 1.83 bits per heavy atom. The number of hydrogen-bond donors (Lipinski definition) is 2. The molecule has 9 nitrogen and oxygen atoms in total. The maximum atomic E-state index is 13.8. The van der Waals surface area contributed by atoms with Gasteiger partial charge in [0.1, 0.15) is 11.6 Å². The van der Waals surface area contributed by atoms with E-state index < -0.39 is 0 Å². The largest absolute Gasteiger partial charge is 0.492 e. The second-order valence-electron chi connectivity index (χ2n) is 8.95. The van der Waals surface area contributed by atoms with Crippen LogP contribution in [0.5, 0.6) is 5.75 Å². The molecule has 2 aromatic carbocycles. The number of anilines is 1. The fraction of sp³-hybridized carbons (Fsp3) is 0.444. The molecular weight excluding hydrogens is 456 g/mol. The number of nitrogens with two attached hydrogens (primary N) is 1. The van der Waals surface area contributed by atoms with Gasteiger partial charge in [-0.05, 0) is 50.7 Å². The van der Waals surface area contributed by atoms with E-state index in [-0.39, 0.29) is 11.5 Å². The van der Waals surface area contributed by atoms with Gasteiger partial charge in [0.15, 0.2) is 0 Å². The second kappa shape index (κ2) is 12.1. The van der Waals surface area contributed by atoms with E-state index in [1.165, 1.54) is 0 Å². The Morgan fingerprint density at radius 3 is 2.56 bits per heavy atom. The quantitative estimate of drug-likeness (QED) is 0.448. The molecule has 1 aliphatic heterocycles. The standard InChI is InChI=1S/C27H36N6O3/c1-3-31-14-16-32(17-15-31)19-25-30-22-9-6-5-8-21(22)27(35)33(25)23-12-11-20(18-24(23)36-4-2)29-26(34)10-7-13-28/h5-6,8-9,11-12,18H,3-4,7,10,13-17,19,28H2,1-2H3,(H,29,34). The highest BCUT2D eigenvalue weighted by Gasteiger charge is 2.21. The molecule has 0 unspecified atom stereocenters. The first-order valence-corrected chi connectivity index (χ1v) is 12.8. The number of amides is 1. The van der Waals surface area contributed by atoms with Crippen molar-refractivity contribution < 1.29 is 9.53 Å². The number of likely N-dealkylation sites (N-methyl/N-ethyl adjacent to an activating group) is 1. The second-order valence-corrected chi connectivity index (χ2v) is 8.95. The molecule has 0 radical (unpaired) electrons. The minimum atomic E-state index is -0.136. The Hall–Kier alpha value is -3.27. The van der Waals surface area contributed by atoms with Gasteiger partial charge in [-0.2, -0.15) is 0 Å². The van der Waals surface area contributed by atoms with Gasteiger partial charge in [-0.25, -0.2) is 4.98 Å². The zero-order valence-corrected chi connectivity index (χ0v) is 21.2. The van der Waals surface area contributed by atoms with Gasteiger partial charge in [-0.1, -0.05) is 19.1 Å². The number of fused-ring (bicyclic) bond motifs is 1. The maximum Gasteiger partial charge on any atom is 0.266 e. The molecule has 3 aromatic rings. The van der Waals surface area contributed by atoms with Gasteiger partial charge in [-0.3, -0.25) is 19.1 Å². The average Bonchev–Trinajstić information content (AvgIpc) is 2.89. The third-order valence-corrected chi connectivity index (χ3v) is 6.51. The summed E-state index contributed by atoms with van der Waals surface area (Å²) in [6, 6.07) is 12.8. The molecule has 4 rings (SSSR count). The first-order valence-electron chi connectivity index (χ1n) is 12.8. The lowest BCUT2D eigenvalue weighted by atomic mass is 10.2. The van der Waals surface area contributed by atoms with Crippen molar-refractivity contribution in [3.8, 4) is 11.4 Å². The molecule has 1 amide bonds. The van der Waals surface area contributed by atoms with E-state index in [1.54, 1.807) is 22.8 Å². The summed E-state index contributed by atoms with van der Waals surface area (Å²) < 4.78 is 7.62. The number of rotatable bonds is 10. The smallest absolute Gasteiger partial charge is 0.266 e. The molecule has 36 heavy (non-hydrogen) atoms. The van der Waals surface area contributed by atoms with E-state index in [1.807, 2.05) is 31.2 Å². The van der Waals surface area contributed by atoms with Crippen molar-refractivity contribution in [2.75, 3.05) is 51.2 Å². The van der Waals surface area contributed by atoms with Gasteiger partial charge in [0.25, 0.3) is 5.56 Å². The summed E-state index contributed by atoms with van der Waals surface area (Å²) in [6.07, 6.45) is 0.974. The van der Waals surface area contributed by atoms with Gasteiger partial charge >= 0.3 is 0 Å². The average molecular weight is 493 g/mol. The molecule has 3 N–H and O–H groups in total. The Morgan fingerprint density at radius 1 is 1.08 bits per heavy atom. The third-order valence-electron chi connectivity index (χ3n) is 6.51. The van der Waals surface area contributed by atoms with Crippen molar-refractivity contribution in [1.82, 2.24) is 19.4 Å². The highest BCUT2D eigenvalue weighted by molar-refractivity contribution is 5.91. The number of aromatic nitrogens is 2. The van der Waals surface area contributed by atoms with Crippen molar-refractivity contribution in [2.24, 2.45) is 5.73 Å². The highest BCUT2D eigenvalue weighted by atomic mass is 16.5. The summed E-state index contributed by atoms with van der Waals surface area (Å²) in [4.78, 5) is 35.7. The Kier molecular flexibility index (Phi) is 8.69. The van der Waals surface area contributed by atoms with Gasteiger partial charge in [0.2, 0.25) is 5.91 Å². The van der Waals surface area contributed by atoms with Crippen LogP contribution in [0.4, 0.5) is 5.69 Å². The van der Waals surface area contributed by atoms with Crippen molar-refractivity contribution in [3.63, 3.8) is 0 Å². The number of nitrogens with zero attached hydrogens (tertiary/aromatic N) is 4. The summed E-state index contributed by atoms with van der Waals surface area (Å²) in [5.41, 5.74) is 7.30. The van der Waals surface area contributed by atoms with Crippen LogP contribution in [0.1, 0.15) is 32.5 Å². The molecular formula is C27H36N6O3. The summed E-state index contributed by atoms with van der Waals surface area (Å²) in [5, 5.41) is 3.45. The number of ether oxygens (including phenoxy) is 1. The molecule has 0 bridgehead atoms. The Balaban J connectivity index is 1.75. The maximum absolute atomic E-state index is 13.8. The van der Waals surface area contributed by atoms with Crippen LogP contribution in [0.2, 0.25) is 0 Å². The predicted molar refractivity (Wildman–Crippen MR) is 143 cm³/mol. The molecule has 1 aliphatic rings. The molecule has 9 heteroatoms. The van der Waals surface area contributed by atoms with Gasteiger partial charge < -0.3 is 20.7 Å². The monoisotopic (exact) mass is 492 g/mol. The molecule has 1 fully saturated rings. The van der Waals surface area contributed by atoms with Crippen molar-refractivity contribution >= 4 is 22.5 Å². The van der Waals surface area contributed by atoms with Crippen molar-refractivity contribution in [1.29, 1.82) is 0 Å². The highest BCUT2D eigenvalue weighted by Crippen LogP contribution is 2.28.